The average Bonchev–Trinajstić information content (AvgIpc) is 2.63. The van der Waals surface area contributed by atoms with E-state index in [0.717, 1.165) is 5.69 Å². The lowest BCUT2D eigenvalue weighted by atomic mass is 9.98. The van der Waals surface area contributed by atoms with E-state index in [1.807, 2.05) is 0 Å². The molecule has 1 unspecified atom stereocenters. The van der Waals surface area contributed by atoms with Crippen molar-refractivity contribution in [1.82, 2.24) is 10.2 Å². The highest BCUT2D eigenvalue weighted by Gasteiger charge is 2.35. The van der Waals surface area contributed by atoms with Gasteiger partial charge in [0.1, 0.15) is 0 Å². The molecule has 7 heteroatoms. The van der Waals surface area contributed by atoms with E-state index in [-0.39, 0.29) is 18.7 Å². The number of aliphatic carboxylic acids is 1. The zero-order valence-electron chi connectivity index (χ0n) is 10.7. The molecule has 1 atom stereocenters. The van der Waals surface area contributed by atoms with Crippen LogP contribution in [0.5, 0.6) is 0 Å². The van der Waals surface area contributed by atoms with E-state index in [1.54, 1.807) is 26.0 Å². The van der Waals surface area contributed by atoms with Crippen molar-refractivity contribution in [2.24, 2.45) is 11.0 Å². The van der Waals surface area contributed by atoms with Crippen molar-refractivity contribution >= 4 is 23.4 Å². The van der Waals surface area contributed by atoms with Crippen LogP contribution in [0.25, 0.3) is 0 Å². The molecule has 2 rings (SSSR count). The highest BCUT2D eigenvalue weighted by atomic mass is 16.4. The Morgan fingerprint density at radius 2 is 2.11 bits per heavy atom. The SMILES string of the molecule is CC1=NN(c2ccc(C)nn2)C(=O)C1CCC(=O)O. The van der Waals surface area contributed by atoms with Gasteiger partial charge in [0.25, 0.3) is 5.91 Å². The summed E-state index contributed by atoms with van der Waals surface area (Å²) in [5, 5.41) is 21.8. The Hall–Kier alpha value is -2.31. The van der Waals surface area contributed by atoms with Crippen molar-refractivity contribution in [3.8, 4) is 0 Å². The van der Waals surface area contributed by atoms with E-state index >= 15 is 0 Å². The molecule has 0 fully saturated rings. The molecule has 1 aromatic heterocycles. The van der Waals surface area contributed by atoms with E-state index in [0.29, 0.717) is 11.5 Å². The van der Waals surface area contributed by atoms with Crippen LogP contribution in [0.15, 0.2) is 17.2 Å². The van der Waals surface area contributed by atoms with Crippen molar-refractivity contribution in [2.75, 3.05) is 5.01 Å². The summed E-state index contributed by atoms with van der Waals surface area (Å²) in [6.45, 7) is 3.51. The number of rotatable bonds is 4. The fraction of sp³-hybridized carbons (Fsp3) is 0.417. The average molecular weight is 262 g/mol. The quantitative estimate of drug-likeness (QED) is 0.872. The first-order valence-corrected chi connectivity index (χ1v) is 5.90. The second-order valence-corrected chi connectivity index (χ2v) is 4.41. The summed E-state index contributed by atoms with van der Waals surface area (Å²) in [5.41, 5.74) is 1.35. The largest absolute Gasteiger partial charge is 0.481 e. The first-order chi connectivity index (χ1) is 8.99. The van der Waals surface area contributed by atoms with Gasteiger partial charge < -0.3 is 5.11 Å². The Morgan fingerprint density at radius 1 is 1.37 bits per heavy atom. The number of anilines is 1. The topological polar surface area (TPSA) is 95.8 Å². The lowest BCUT2D eigenvalue weighted by molar-refractivity contribution is -0.137. The molecule has 1 aliphatic heterocycles. The van der Waals surface area contributed by atoms with Gasteiger partial charge in [-0.25, -0.2) is 0 Å². The number of carbonyl (C=O) groups is 2. The molecule has 0 aromatic carbocycles. The number of hydrogen-bond acceptors (Lipinski definition) is 5. The molecular formula is C12H14N4O3. The summed E-state index contributed by atoms with van der Waals surface area (Å²) in [6, 6.07) is 3.40. The second-order valence-electron chi connectivity index (χ2n) is 4.41. The van der Waals surface area contributed by atoms with E-state index in [1.165, 1.54) is 5.01 Å². The molecule has 1 aliphatic rings. The molecule has 19 heavy (non-hydrogen) atoms. The summed E-state index contributed by atoms with van der Waals surface area (Å²) in [5.74, 6) is -1.31. The molecule has 0 aliphatic carbocycles. The molecule has 1 amide bonds. The molecular weight excluding hydrogens is 248 g/mol. The van der Waals surface area contributed by atoms with Crippen molar-refractivity contribution in [3.63, 3.8) is 0 Å². The van der Waals surface area contributed by atoms with E-state index in [2.05, 4.69) is 15.3 Å². The van der Waals surface area contributed by atoms with Crippen LogP contribution >= 0.6 is 0 Å². The van der Waals surface area contributed by atoms with Gasteiger partial charge in [-0.2, -0.15) is 15.2 Å². The Balaban J connectivity index is 2.15. The summed E-state index contributed by atoms with van der Waals surface area (Å²) in [4.78, 5) is 22.7. The smallest absolute Gasteiger partial charge is 0.303 e. The molecule has 0 bridgehead atoms. The minimum atomic E-state index is -0.922. The van der Waals surface area contributed by atoms with Crippen LogP contribution in [-0.2, 0) is 9.59 Å². The fourth-order valence-electron chi connectivity index (χ4n) is 1.87. The lowest BCUT2D eigenvalue weighted by Crippen LogP contribution is -2.28. The number of amides is 1. The molecule has 1 N–H and O–H groups in total. The monoisotopic (exact) mass is 262 g/mol. The maximum atomic E-state index is 12.2. The molecule has 0 spiro atoms. The first kappa shape index (κ1) is 13.1. The van der Waals surface area contributed by atoms with Crippen LogP contribution in [0.1, 0.15) is 25.5 Å². The zero-order valence-corrected chi connectivity index (χ0v) is 10.7. The van der Waals surface area contributed by atoms with E-state index in [9.17, 15) is 9.59 Å². The predicted molar refractivity (Wildman–Crippen MR) is 67.7 cm³/mol. The Labute approximate surface area is 109 Å². The summed E-state index contributed by atoms with van der Waals surface area (Å²) in [6.07, 6.45) is 0.190. The number of carboxylic acids is 1. The van der Waals surface area contributed by atoms with Gasteiger partial charge in [0, 0.05) is 12.1 Å². The normalized spacial score (nSPS) is 18.6. The van der Waals surface area contributed by atoms with Gasteiger partial charge in [0.05, 0.1) is 11.6 Å². The van der Waals surface area contributed by atoms with Crippen LogP contribution < -0.4 is 5.01 Å². The van der Waals surface area contributed by atoms with Crippen molar-refractivity contribution in [1.29, 1.82) is 0 Å². The third-order valence-corrected chi connectivity index (χ3v) is 2.92. The number of aromatic nitrogens is 2. The maximum Gasteiger partial charge on any atom is 0.303 e. The summed E-state index contributed by atoms with van der Waals surface area (Å²) in [7, 11) is 0. The van der Waals surface area contributed by atoms with Crippen molar-refractivity contribution < 1.29 is 14.7 Å². The molecule has 0 radical (unpaired) electrons. The van der Waals surface area contributed by atoms with Crippen LogP contribution in [0.2, 0.25) is 0 Å². The number of nitrogens with zero attached hydrogens (tertiary/aromatic N) is 4. The maximum absolute atomic E-state index is 12.2. The lowest BCUT2D eigenvalue weighted by Gasteiger charge is -2.12. The molecule has 0 saturated carbocycles. The third kappa shape index (κ3) is 2.75. The van der Waals surface area contributed by atoms with E-state index < -0.39 is 11.9 Å². The number of hydrogen-bond donors (Lipinski definition) is 1. The standard InChI is InChI=1S/C12H14N4O3/c1-7-3-5-10(14-13-7)16-12(19)9(8(2)15-16)4-6-11(17)18/h3,5,9H,4,6H2,1-2H3,(H,17,18). The summed E-state index contributed by atoms with van der Waals surface area (Å²) < 4.78 is 0. The Bertz CT molecular complexity index is 538. The number of carboxylic acid groups (broad SMARTS) is 1. The van der Waals surface area contributed by atoms with Gasteiger partial charge in [-0.3, -0.25) is 9.59 Å². The second kappa shape index (κ2) is 5.13. The molecule has 100 valence electrons. The molecule has 7 nitrogen and oxygen atoms in total. The first-order valence-electron chi connectivity index (χ1n) is 5.90. The number of carbonyl (C=O) groups excluding carboxylic acids is 1. The van der Waals surface area contributed by atoms with Crippen molar-refractivity contribution in [3.05, 3.63) is 17.8 Å². The highest BCUT2D eigenvalue weighted by Crippen LogP contribution is 2.24. The van der Waals surface area contributed by atoms with Gasteiger partial charge in [-0.1, -0.05) is 0 Å². The van der Waals surface area contributed by atoms with Crippen LogP contribution in [0, 0.1) is 12.8 Å². The Morgan fingerprint density at radius 3 is 2.68 bits per heavy atom. The van der Waals surface area contributed by atoms with Crippen LogP contribution in [0.4, 0.5) is 5.82 Å². The third-order valence-electron chi connectivity index (χ3n) is 2.92. The zero-order chi connectivity index (χ0) is 14.0. The van der Waals surface area contributed by atoms with Gasteiger partial charge in [0.2, 0.25) is 0 Å². The van der Waals surface area contributed by atoms with Gasteiger partial charge in [-0.05, 0) is 32.4 Å². The number of hydrazone groups is 1. The highest BCUT2D eigenvalue weighted by molar-refractivity contribution is 6.14. The van der Waals surface area contributed by atoms with Crippen LogP contribution in [0.3, 0.4) is 0 Å². The summed E-state index contributed by atoms with van der Waals surface area (Å²) >= 11 is 0. The van der Waals surface area contributed by atoms with Gasteiger partial charge in [-0.15, -0.1) is 5.10 Å². The van der Waals surface area contributed by atoms with Crippen molar-refractivity contribution in [2.45, 2.75) is 26.7 Å². The predicted octanol–water partition coefficient (Wildman–Crippen LogP) is 0.989. The Kier molecular flexibility index (Phi) is 3.55. The minimum Gasteiger partial charge on any atom is -0.481 e. The van der Waals surface area contributed by atoms with Gasteiger partial charge in [0.15, 0.2) is 5.82 Å². The van der Waals surface area contributed by atoms with Gasteiger partial charge >= 0.3 is 5.97 Å². The molecule has 0 saturated heterocycles. The van der Waals surface area contributed by atoms with Crippen LogP contribution in [-0.4, -0.2) is 32.9 Å². The molecule has 1 aromatic rings. The fourth-order valence-corrected chi connectivity index (χ4v) is 1.87. The minimum absolute atomic E-state index is 0.0588. The molecule has 2 heterocycles. The van der Waals surface area contributed by atoms with E-state index in [4.69, 9.17) is 5.11 Å². The number of aryl methyl sites for hydroxylation is 1.